The predicted octanol–water partition coefficient (Wildman–Crippen LogP) is 1.17. The fourth-order valence-electron chi connectivity index (χ4n) is 1.83. The average molecular weight is 262 g/mol. The first kappa shape index (κ1) is 13.4. The number of benzene rings is 1. The Morgan fingerprint density at radius 3 is 2.84 bits per heavy atom. The maximum absolute atomic E-state index is 11.7. The van der Waals surface area contributed by atoms with E-state index in [0.717, 1.165) is 11.9 Å². The zero-order valence-corrected chi connectivity index (χ0v) is 10.8. The number of nitrogens with one attached hydrogen (secondary N) is 3. The molecule has 0 aliphatic rings. The van der Waals surface area contributed by atoms with Crippen molar-refractivity contribution in [3.63, 3.8) is 0 Å². The highest BCUT2D eigenvalue weighted by molar-refractivity contribution is 5.92. The fourth-order valence-corrected chi connectivity index (χ4v) is 1.83. The van der Waals surface area contributed by atoms with E-state index in [1.807, 2.05) is 6.92 Å². The zero-order chi connectivity index (χ0) is 13.8. The van der Waals surface area contributed by atoms with Gasteiger partial charge in [-0.2, -0.15) is 0 Å². The molecular formula is C13H18N4O2. The van der Waals surface area contributed by atoms with Gasteiger partial charge in [-0.3, -0.25) is 4.79 Å². The number of amides is 1. The van der Waals surface area contributed by atoms with Gasteiger partial charge in [-0.05, 0) is 37.1 Å². The summed E-state index contributed by atoms with van der Waals surface area (Å²) in [5, 5.41) is 2.81. The highest BCUT2D eigenvalue weighted by Gasteiger charge is 2.07. The van der Waals surface area contributed by atoms with Crippen LogP contribution in [0.5, 0.6) is 0 Å². The number of carbonyl (C=O) groups is 1. The second-order valence-corrected chi connectivity index (χ2v) is 4.77. The molecule has 0 bridgehead atoms. The van der Waals surface area contributed by atoms with Crippen molar-refractivity contribution in [2.24, 2.45) is 11.7 Å². The van der Waals surface area contributed by atoms with Crippen LogP contribution < -0.4 is 16.7 Å². The zero-order valence-electron chi connectivity index (χ0n) is 10.8. The number of H-pyrrole nitrogens is 2. The SMILES string of the molecule is CC(CN)CCC(=O)Nc1ccc2[nH]c(=O)[nH]c2c1. The topological polar surface area (TPSA) is 104 Å². The lowest BCUT2D eigenvalue weighted by molar-refractivity contribution is -0.116. The third-order valence-corrected chi connectivity index (χ3v) is 3.07. The highest BCUT2D eigenvalue weighted by atomic mass is 16.1. The predicted molar refractivity (Wildman–Crippen MR) is 75.0 cm³/mol. The quantitative estimate of drug-likeness (QED) is 0.650. The number of anilines is 1. The molecule has 1 atom stereocenters. The first-order valence-electron chi connectivity index (χ1n) is 6.30. The molecule has 19 heavy (non-hydrogen) atoms. The lowest BCUT2D eigenvalue weighted by Gasteiger charge is -2.08. The van der Waals surface area contributed by atoms with Crippen LogP contribution in [0.15, 0.2) is 23.0 Å². The minimum absolute atomic E-state index is 0.0440. The number of fused-ring (bicyclic) bond motifs is 1. The van der Waals surface area contributed by atoms with Crippen LogP contribution in [-0.2, 0) is 4.79 Å². The molecule has 0 aliphatic carbocycles. The average Bonchev–Trinajstić information content (AvgIpc) is 2.75. The number of rotatable bonds is 5. The molecule has 1 unspecified atom stereocenters. The molecule has 0 spiro atoms. The standard InChI is InChI=1S/C13H18N4O2/c1-8(7-14)2-5-12(18)15-9-3-4-10-11(6-9)17-13(19)16-10/h3-4,6,8H,2,5,7,14H2,1H3,(H,15,18)(H2,16,17,19). The molecule has 1 aromatic carbocycles. The van der Waals surface area contributed by atoms with Gasteiger partial charge in [0, 0.05) is 12.1 Å². The maximum Gasteiger partial charge on any atom is 0.323 e. The maximum atomic E-state index is 11.7. The van der Waals surface area contributed by atoms with E-state index >= 15 is 0 Å². The molecular weight excluding hydrogens is 244 g/mol. The number of imidazole rings is 1. The normalized spacial score (nSPS) is 12.5. The number of nitrogens with two attached hydrogens (primary N) is 1. The number of hydrogen-bond donors (Lipinski definition) is 4. The van der Waals surface area contributed by atoms with Crippen molar-refractivity contribution >= 4 is 22.6 Å². The Morgan fingerprint density at radius 1 is 1.37 bits per heavy atom. The lowest BCUT2D eigenvalue weighted by Crippen LogP contribution is -2.16. The molecule has 2 aromatic rings. The van der Waals surface area contributed by atoms with Crippen molar-refractivity contribution < 1.29 is 4.79 Å². The van der Waals surface area contributed by atoms with Gasteiger partial charge in [0.2, 0.25) is 5.91 Å². The van der Waals surface area contributed by atoms with Crippen LogP contribution in [0.3, 0.4) is 0 Å². The van der Waals surface area contributed by atoms with Gasteiger partial charge in [-0.25, -0.2) is 4.79 Å². The van der Waals surface area contributed by atoms with E-state index in [-0.39, 0.29) is 11.6 Å². The molecule has 2 rings (SSSR count). The van der Waals surface area contributed by atoms with Gasteiger partial charge in [0.1, 0.15) is 0 Å². The smallest absolute Gasteiger partial charge is 0.323 e. The van der Waals surface area contributed by atoms with Gasteiger partial charge in [0.25, 0.3) is 0 Å². The van der Waals surface area contributed by atoms with Gasteiger partial charge >= 0.3 is 5.69 Å². The Bertz CT molecular complexity index is 629. The molecule has 0 radical (unpaired) electrons. The lowest BCUT2D eigenvalue weighted by atomic mass is 10.1. The van der Waals surface area contributed by atoms with Crippen LogP contribution in [0.1, 0.15) is 19.8 Å². The van der Waals surface area contributed by atoms with Gasteiger partial charge in [-0.1, -0.05) is 6.92 Å². The van der Waals surface area contributed by atoms with Gasteiger partial charge in [-0.15, -0.1) is 0 Å². The Hall–Kier alpha value is -2.08. The van der Waals surface area contributed by atoms with Crippen molar-refractivity contribution in [1.29, 1.82) is 0 Å². The Morgan fingerprint density at radius 2 is 2.11 bits per heavy atom. The van der Waals surface area contributed by atoms with Crippen LogP contribution in [0.2, 0.25) is 0 Å². The molecule has 1 amide bonds. The molecule has 102 valence electrons. The molecule has 0 saturated carbocycles. The molecule has 0 aliphatic heterocycles. The molecule has 0 saturated heterocycles. The number of aromatic amines is 2. The summed E-state index contributed by atoms with van der Waals surface area (Å²) in [7, 11) is 0. The van der Waals surface area contributed by atoms with Crippen molar-refractivity contribution in [3.8, 4) is 0 Å². The summed E-state index contributed by atoms with van der Waals surface area (Å²) in [6.07, 6.45) is 1.21. The first-order valence-corrected chi connectivity index (χ1v) is 6.30. The van der Waals surface area contributed by atoms with Crippen molar-refractivity contribution in [3.05, 3.63) is 28.7 Å². The third kappa shape index (κ3) is 3.45. The Labute approximate surface area is 110 Å². The fraction of sp³-hybridized carbons (Fsp3) is 0.385. The van der Waals surface area contributed by atoms with Crippen LogP contribution in [-0.4, -0.2) is 22.4 Å². The molecule has 6 nitrogen and oxygen atoms in total. The summed E-state index contributed by atoms with van der Waals surface area (Å²) in [5.74, 6) is 0.298. The molecule has 5 N–H and O–H groups in total. The Balaban J connectivity index is 2.00. The van der Waals surface area contributed by atoms with E-state index in [0.29, 0.717) is 30.1 Å². The van der Waals surface area contributed by atoms with Crippen LogP contribution in [0, 0.1) is 5.92 Å². The van der Waals surface area contributed by atoms with Crippen LogP contribution in [0.4, 0.5) is 5.69 Å². The monoisotopic (exact) mass is 262 g/mol. The minimum atomic E-state index is -0.254. The summed E-state index contributed by atoms with van der Waals surface area (Å²) in [6, 6.07) is 5.25. The summed E-state index contributed by atoms with van der Waals surface area (Å²) >= 11 is 0. The molecule has 6 heteroatoms. The van der Waals surface area contributed by atoms with E-state index in [1.54, 1.807) is 18.2 Å². The summed E-state index contributed by atoms with van der Waals surface area (Å²) in [6.45, 7) is 2.60. The molecule has 1 aromatic heterocycles. The van der Waals surface area contributed by atoms with Gasteiger partial charge < -0.3 is 21.0 Å². The van der Waals surface area contributed by atoms with E-state index in [9.17, 15) is 9.59 Å². The van der Waals surface area contributed by atoms with E-state index in [1.165, 1.54) is 0 Å². The van der Waals surface area contributed by atoms with Crippen molar-refractivity contribution in [2.75, 3.05) is 11.9 Å². The summed E-state index contributed by atoms with van der Waals surface area (Å²) < 4.78 is 0. The number of carbonyl (C=O) groups excluding carboxylic acids is 1. The second kappa shape index (κ2) is 5.71. The summed E-state index contributed by atoms with van der Waals surface area (Å²) in [5.41, 5.74) is 7.33. The summed E-state index contributed by atoms with van der Waals surface area (Å²) in [4.78, 5) is 28.2. The van der Waals surface area contributed by atoms with Crippen molar-refractivity contribution in [2.45, 2.75) is 19.8 Å². The first-order chi connectivity index (χ1) is 9.08. The minimum Gasteiger partial charge on any atom is -0.330 e. The highest BCUT2D eigenvalue weighted by Crippen LogP contribution is 2.15. The van der Waals surface area contributed by atoms with E-state index < -0.39 is 0 Å². The number of hydrogen-bond acceptors (Lipinski definition) is 3. The number of aromatic nitrogens is 2. The largest absolute Gasteiger partial charge is 0.330 e. The second-order valence-electron chi connectivity index (χ2n) is 4.77. The van der Waals surface area contributed by atoms with Gasteiger partial charge in [0.05, 0.1) is 11.0 Å². The van der Waals surface area contributed by atoms with Crippen LogP contribution in [0.25, 0.3) is 11.0 Å². The van der Waals surface area contributed by atoms with E-state index in [2.05, 4.69) is 15.3 Å². The third-order valence-electron chi connectivity index (χ3n) is 3.07. The Kier molecular flexibility index (Phi) is 4.01. The molecule has 0 fully saturated rings. The van der Waals surface area contributed by atoms with Gasteiger partial charge in [0.15, 0.2) is 0 Å². The van der Waals surface area contributed by atoms with E-state index in [4.69, 9.17) is 5.73 Å². The van der Waals surface area contributed by atoms with Crippen LogP contribution >= 0.6 is 0 Å². The van der Waals surface area contributed by atoms with Crippen molar-refractivity contribution in [1.82, 2.24) is 9.97 Å². The molecule has 1 heterocycles.